The quantitative estimate of drug-likeness (QED) is 0.198. The van der Waals surface area contributed by atoms with Gasteiger partial charge >= 0.3 is 0 Å². The van der Waals surface area contributed by atoms with Crippen molar-refractivity contribution in [1.29, 1.82) is 0 Å². The monoisotopic (exact) mass is 582 g/mol. The molecule has 1 aliphatic carbocycles. The van der Waals surface area contributed by atoms with E-state index in [-0.39, 0.29) is 67.0 Å². The summed E-state index contributed by atoms with van der Waals surface area (Å²) in [6.45, 7) is 1.54. The van der Waals surface area contributed by atoms with Crippen molar-refractivity contribution in [2.24, 2.45) is 11.8 Å². The van der Waals surface area contributed by atoms with Crippen molar-refractivity contribution < 1.29 is 39.6 Å². The standard InChI is InChI=1S/C32H42N2O8/c1-4-24(37)18-29(40)32(42,19-36)23(11-14-35)15-20-16-26-25(9-10-27(38)30(26)28(39)17-20)21-5-7-22(8-6-21)31(41)33-12-13-34(2)3/h5-10,20,23,35-36,38,42H,4,11-19H2,1-3H3,(H,33,41)/t20?,23-,32-/m1/s1. The molecule has 1 amide bonds. The number of rotatable bonds is 15. The summed E-state index contributed by atoms with van der Waals surface area (Å²) in [5.41, 5.74) is 0.539. The van der Waals surface area contributed by atoms with E-state index < -0.39 is 30.3 Å². The third-order valence-corrected chi connectivity index (χ3v) is 8.09. The number of aliphatic hydroxyl groups excluding tert-OH is 2. The highest BCUT2D eigenvalue weighted by atomic mass is 16.3. The van der Waals surface area contributed by atoms with Gasteiger partial charge < -0.3 is 30.6 Å². The molecule has 1 unspecified atom stereocenters. The number of likely N-dealkylation sites (N-methyl/N-ethyl adjacent to an activating group) is 1. The van der Waals surface area contributed by atoms with E-state index in [2.05, 4.69) is 5.32 Å². The molecule has 0 aromatic heterocycles. The van der Waals surface area contributed by atoms with Gasteiger partial charge in [0, 0.05) is 38.1 Å². The number of aliphatic hydroxyl groups is 3. The summed E-state index contributed by atoms with van der Waals surface area (Å²) in [7, 11) is 3.84. The number of fused-ring (bicyclic) bond motifs is 1. The van der Waals surface area contributed by atoms with Crippen LogP contribution in [0.3, 0.4) is 0 Å². The number of carbonyl (C=O) groups excluding carboxylic acids is 4. The maximum Gasteiger partial charge on any atom is 0.251 e. The third kappa shape index (κ3) is 7.69. The summed E-state index contributed by atoms with van der Waals surface area (Å²) in [6, 6.07) is 10.1. The van der Waals surface area contributed by atoms with E-state index in [1.54, 1.807) is 37.3 Å². The van der Waals surface area contributed by atoms with Crippen molar-refractivity contribution >= 4 is 23.3 Å². The molecular weight excluding hydrogens is 540 g/mol. The minimum Gasteiger partial charge on any atom is -0.507 e. The van der Waals surface area contributed by atoms with Gasteiger partial charge in [0.15, 0.2) is 11.6 Å². The topological polar surface area (TPSA) is 164 Å². The Kier molecular flexibility index (Phi) is 11.5. The van der Waals surface area contributed by atoms with Crippen molar-refractivity contribution in [2.75, 3.05) is 40.4 Å². The molecule has 0 saturated heterocycles. The first-order valence-corrected chi connectivity index (χ1v) is 14.4. The van der Waals surface area contributed by atoms with Crippen LogP contribution in [0.1, 0.15) is 65.3 Å². The maximum atomic E-state index is 13.3. The normalized spacial score (nSPS) is 16.9. The zero-order valence-corrected chi connectivity index (χ0v) is 24.6. The van der Waals surface area contributed by atoms with Crippen molar-refractivity contribution in [3.63, 3.8) is 0 Å². The van der Waals surface area contributed by atoms with Crippen LogP contribution in [0.5, 0.6) is 5.75 Å². The lowest BCUT2D eigenvalue weighted by molar-refractivity contribution is -0.153. The molecule has 3 rings (SSSR count). The molecule has 42 heavy (non-hydrogen) atoms. The number of hydrogen-bond acceptors (Lipinski definition) is 9. The second-order valence-electron chi connectivity index (χ2n) is 11.3. The molecule has 5 N–H and O–H groups in total. The molecule has 0 spiro atoms. The number of carbonyl (C=O) groups is 4. The number of nitrogens with one attached hydrogen (secondary N) is 1. The minimum atomic E-state index is -2.23. The number of benzene rings is 2. The SMILES string of the molecule is CCC(=O)CC(=O)[C@@](O)(CO)[C@H](CCO)CC1CC(=O)c2c(O)ccc(-c3ccc(C(=O)NCCN(C)C)cc3)c2C1. The predicted molar refractivity (Wildman–Crippen MR) is 157 cm³/mol. The van der Waals surface area contributed by atoms with Gasteiger partial charge in [-0.05, 0) is 80.1 Å². The van der Waals surface area contributed by atoms with Gasteiger partial charge in [-0.15, -0.1) is 0 Å². The first-order chi connectivity index (χ1) is 19.9. The Morgan fingerprint density at radius 2 is 1.76 bits per heavy atom. The highest BCUT2D eigenvalue weighted by Gasteiger charge is 2.45. The van der Waals surface area contributed by atoms with Crippen LogP contribution in [0.25, 0.3) is 11.1 Å². The number of hydrogen-bond donors (Lipinski definition) is 5. The molecule has 2 aromatic rings. The Hall–Kier alpha value is -3.44. The van der Waals surface area contributed by atoms with Crippen LogP contribution >= 0.6 is 0 Å². The lowest BCUT2D eigenvalue weighted by atomic mass is 9.70. The first-order valence-electron chi connectivity index (χ1n) is 14.4. The molecule has 0 fully saturated rings. The van der Waals surface area contributed by atoms with Gasteiger partial charge in [0.1, 0.15) is 17.1 Å². The van der Waals surface area contributed by atoms with E-state index in [1.807, 2.05) is 19.0 Å². The lowest BCUT2D eigenvalue weighted by Crippen LogP contribution is -2.51. The second kappa shape index (κ2) is 14.6. The zero-order valence-electron chi connectivity index (χ0n) is 24.6. The third-order valence-electron chi connectivity index (χ3n) is 8.09. The fourth-order valence-corrected chi connectivity index (χ4v) is 5.63. The van der Waals surface area contributed by atoms with Crippen LogP contribution in [0.4, 0.5) is 0 Å². The van der Waals surface area contributed by atoms with Gasteiger partial charge in [0.25, 0.3) is 5.91 Å². The molecule has 10 nitrogen and oxygen atoms in total. The number of phenols is 1. The van der Waals surface area contributed by atoms with Crippen LogP contribution < -0.4 is 5.32 Å². The largest absolute Gasteiger partial charge is 0.507 e. The van der Waals surface area contributed by atoms with Gasteiger partial charge in [0.05, 0.1) is 18.6 Å². The molecule has 0 saturated carbocycles. The fraction of sp³-hybridized carbons (Fsp3) is 0.500. The van der Waals surface area contributed by atoms with Gasteiger partial charge in [-0.1, -0.05) is 25.1 Å². The van der Waals surface area contributed by atoms with E-state index >= 15 is 0 Å². The lowest BCUT2D eigenvalue weighted by Gasteiger charge is -2.36. The Balaban J connectivity index is 1.88. The molecule has 0 bridgehead atoms. The predicted octanol–water partition coefficient (Wildman–Crippen LogP) is 2.15. The van der Waals surface area contributed by atoms with Gasteiger partial charge in [-0.3, -0.25) is 19.2 Å². The summed E-state index contributed by atoms with van der Waals surface area (Å²) in [6.07, 6.45) is 0.0934. The summed E-state index contributed by atoms with van der Waals surface area (Å²) in [5, 5.41) is 44.4. The summed E-state index contributed by atoms with van der Waals surface area (Å²) < 4.78 is 0. The Bertz CT molecular complexity index is 1290. The number of phenolic OH excluding ortho intramolecular Hbond substituents is 1. The number of amides is 1. The van der Waals surface area contributed by atoms with E-state index in [4.69, 9.17) is 0 Å². The molecule has 0 aliphatic heterocycles. The van der Waals surface area contributed by atoms with Crippen LogP contribution in [-0.2, 0) is 16.0 Å². The Labute approximate surface area is 246 Å². The van der Waals surface area contributed by atoms with Crippen molar-refractivity contribution in [1.82, 2.24) is 10.2 Å². The molecule has 0 radical (unpaired) electrons. The molecule has 1 aliphatic rings. The second-order valence-corrected chi connectivity index (χ2v) is 11.3. The van der Waals surface area contributed by atoms with E-state index in [1.165, 1.54) is 6.07 Å². The van der Waals surface area contributed by atoms with Gasteiger partial charge in [-0.25, -0.2) is 0 Å². The molecule has 0 heterocycles. The molecule has 10 heteroatoms. The average molecular weight is 583 g/mol. The average Bonchev–Trinajstić information content (AvgIpc) is 2.96. The highest BCUT2D eigenvalue weighted by Crippen LogP contribution is 2.41. The molecular formula is C32H42N2O8. The summed E-state index contributed by atoms with van der Waals surface area (Å²) in [4.78, 5) is 52.6. The first kappa shape index (κ1) is 33.1. The van der Waals surface area contributed by atoms with E-state index in [9.17, 15) is 39.6 Å². The molecule has 3 atom stereocenters. The van der Waals surface area contributed by atoms with Crippen LogP contribution in [0, 0.1) is 11.8 Å². The van der Waals surface area contributed by atoms with E-state index in [0.717, 1.165) is 5.56 Å². The summed E-state index contributed by atoms with van der Waals surface area (Å²) >= 11 is 0. The number of aromatic hydroxyl groups is 1. The van der Waals surface area contributed by atoms with Gasteiger partial charge in [0.2, 0.25) is 0 Å². The number of Topliss-reactive ketones (excluding diaryl/α,β-unsaturated/α-hetero) is 3. The minimum absolute atomic E-state index is 0.00830. The maximum absolute atomic E-state index is 13.3. The number of nitrogens with zero attached hydrogens (tertiary/aromatic N) is 1. The van der Waals surface area contributed by atoms with Crippen LogP contribution in [-0.4, -0.2) is 94.6 Å². The number of ketones is 3. The van der Waals surface area contributed by atoms with Gasteiger partial charge in [-0.2, -0.15) is 0 Å². The molecule has 2 aromatic carbocycles. The fourth-order valence-electron chi connectivity index (χ4n) is 5.63. The zero-order chi connectivity index (χ0) is 31.0. The Morgan fingerprint density at radius 3 is 2.36 bits per heavy atom. The van der Waals surface area contributed by atoms with Crippen molar-refractivity contribution in [3.8, 4) is 16.9 Å². The van der Waals surface area contributed by atoms with Crippen molar-refractivity contribution in [3.05, 3.63) is 53.1 Å². The highest BCUT2D eigenvalue weighted by molar-refractivity contribution is 6.04. The van der Waals surface area contributed by atoms with Crippen LogP contribution in [0.15, 0.2) is 36.4 Å². The Morgan fingerprint density at radius 1 is 1.07 bits per heavy atom. The summed E-state index contributed by atoms with van der Waals surface area (Å²) in [5.74, 6) is -3.06. The van der Waals surface area contributed by atoms with Crippen molar-refractivity contribution in [2.45, 2.75) is 51.0 Å². The molecule has 228 valence electrons. The van der Waals surface area contributed by atoms with E-state index in [0.29, 0.717) is 36.2 Å². The van der Waals surface area contributed by atoms with Crippen LogP contribution in [0.2, 0.25) is 0 Å². The smallest absolute Gasteiger partial charge is 0.251 e.